The van der Waals surface area contributed by atoms with Crippen LogP contribution in [0.15, 0.2) is 0 Å². The minimum Gasteiger partial charge on any atom is -0.444 e. The van der Waals surface area contributed by atoms with E-state index in [0.29, 0.717) is 11.3 Å². The Balaban J connectivity index is 2.60. The van der Waals surface area contributed by atoms with Crippen molar-refractivity contribution in [3.63, 3.8) is 0 Å². The largest absolute Gasteiger partial charge is 0.444 e. The molecule has 0 N–H and O–H groups in total. The highest BCUT2D eigenvalue weighted by molar-refractivity contribution is 5.68. The highest BCUT2D eigenvalue weighted by Crippen LogP contribution is 2.37. The molecular formula is C15H29NO2. The van der Waals surface area contributed by atoms with Gasteiger partial charge in [-0.3, -0.25) is 0 Å². The summed E-state index contributed by atoms with van der Waals surface area (Å²) in [6.45, 7) is 15.5. The van der Waals surface area contributed by atoms with Crippen LogP contribution in [0, 0.1) is 11.3 Å². The van der Waals surface area contributed by atoms with Crippen LogP contribution in [-0.4, -0.2) is 29.2 Å². The molecular weight excluding hydrogens is 226 g/mol. The molecule has 1 saturated heterocycles. The maximum atomic E-state index is 12.1. The zero-order chi connectivity index (χ0) is 14.1. The Hall–Kier alpha value is -0.730. The monoisotopic (exact) mass is 255 g/mol. The number of hydrogen-bond acceptors (Lipinski definition) is 2. The third-order valence-electron chi connectivity index (χ3n) is 3.73. The van der Waals surface area contributed by atoms with Gasteiger partial charge in [-0.05, 0) is 51.9 Å². The Morgan fingerprint density at radius 1 is 1.17 bits per heavy atom. The van der Waals surface area contributed by atoms with Crippen LogP contribution < -0.4 is 0 Å². The number of piperidine rings is 1. The summed E-state index contributed by atoms with van der Waals surface area (Å²) in [6, 6.07) is 0.276. The predicted octanol–water partition coefficient (Wildman–Crippen LogP) is 4.07. The number of likely N-dealkylation sites (tertiary alicyclic amines) is 1. The van der Waals surface area contributed by atoms with Crippen LogP contribution in [0.3, 0.4) is 0 Å². The van der Waals surface area contributed by atoms with Gasteiger partial charge >= 0.3 is 6.09 Å². The molecule has 1 fully saturated rings. The number of hydrogen-bond donors (Lipinski definition) is 0. The van der Waals surface area contributed by atoms with E-state index in [1.807, 2.05) is 25.7 Å². The third-order valence-corrected chi connectivity index (χ3v) is 3.73. The average Bonchev–Trinajstić information content (AvgIpc) is 2.12. The standard InChI is InChI=1S/C15H29NO2/c1-11-10-12(14(2,3)4)8-9-16(11)13(17)18-15(5,6)7/h11-12H,8-10H2,1-7H3/t11-,12?/m0/s1. The summed E-state index contributed by atoms with van der Waals surface area (Å²) in [4.78, 5) is 14.0. The summed E-state index contributed by atoms with van der Waals surface area (Å²) in [6.07, 6.45) is 1.98. The summed E-state index contributed by atoms with van der Waals surface area (Å²) in [5, 5.41) is 0. The van der Waals surface area contributed by atoms with Crippen molar-refractivity contribution >= 4 is 6.09 Å². The molecule has 1 unspecified atom stereocenters. The maximum Gasteiger partial charge on any atom is 0.410 e. The average molecular weight is 255 g/mol. The molecule has 0 aromatic heterocycles. The van der Waals surface area contributed by atoms with Crippen LogP contribution in [0.1, 0.15) is 61.3 Å². The van der Waals surface area contributed by atoms with Crippen molar-refractivity contribution in [3.8, 4) is 0 Å². The first-order valence-corrected chi connectivity index (χ1v) is 7.00. The smallest absolute Gasteiger partial charge is 0.410 e. The van der Waals surface area contributed by atoms with Gasteiger partial charge < -0.3 is 9.64 Å². The fourth-order valence-electron chi connectivity index (χ4n) is 2.55. The maximum absolute atomic E-state index is 12.1. The molecule has 1 rings (SSSR count). The van der Waals surface area contributed by atoms with Crippen molar-refractivity contribution in [2.45, 2.75) is 73.0 Å². The molecule has 0 aromatic rings. The van der Waals surface area contributed by atoms with Gasteiger partial charge in [0.25, 0.3) is 0 Å². The van der Waals surface area contributed by atoms with E-state index in [-0.39, 0.29) is 12.1 Å². The second-order valence-electron chi connectivity index (χ2n) is 7.61. The summed E-state index contributed by atoms with van der Waals surface area (Å²) < 4.78 is 5.46. The molecule has 0 radical (unpaired) electrons. The number of carbonyl (C=O) groups is 1. The van der Waals surface area contributed by atoms with Crippen molar-refractivity contribution in [1.82, 2.24) is 4.90 Å². The molecule has 3 heteroatoms. The Labute approximate surface area is 112 Å². The Morgan fingerprint density at radius 2 is 1.72 bits per heavy atom. The molecule has 0 spiro atoms. The second kappa shape index (κ2) is 5.10. The van der Waals surface area contributed by atoms with Crippen molar-refractivity contribution in [2.24, 2.45) is 11.3 Å². The first-order valence-electron chi connectivity index (χ1n) is 7.00. The van der Waals surface area contributed by atoms with E-state index in [1.54, 1.807) is 0 Å². The molecule has 0 aliphatic carbocycles. The van der Waals surface area contributed by atoms with E-state index >= 15 is 0 Å². The van der Waals surface area contributed by atoms with Gasteiger partial charge in [0.2, 0.25) is 0 Å². The van der Waals surface area contributed by atoms with Gasteiger partial charge in [-0.25, -0.2) is 4.79 Å². The van der Waals surface area contributed by atoms with E-state index in [9.17, 15) is 4.79 Å². The van der Waals surface area contributed by atoms with E-state index < -0.39 is 5.60 Å². The zero-order valence-electron chi connectivity index (χ0n) is 13.0. The van der Waals surface area contributed by atoms with Gasteiger partial charge in [-0.15, -0.1) is 0 Å². The second-order valence-corrected chi connectivity index (χ2v) is 7.61. The number of amides is 1. The SMILES string of the molecule is C[C@H]1CC(C(C)(C)C)CCN1C(=O)OC(C)(C)C. The van der Waals surface area contributed by atoms with Gasteiger partial charge in [0, 0.05) is 12.6 Å². The van der Waals surface area contributed by atoms with E-state index in [4.69, 9.17) is 4.74 Å². The van der Waals surface area contributed by atoms with Crippen LogP contribution in [0.4, 0.5) is 4.79 Å². The molecule has 1 aliphatic rings. The minimum atomic E-state index is -0.405. The predicted molar refractivity (Wildman–Crippen MR) is 74.6 cm³/mol. The summed E-state index contributed by atoms with van der Waals surface area (Å²) in [5.41, 5.74) is -0.0774. The van der Waals surface area contributed by atoms with E-state index in [2.05, 4.69) is 27.7 Å². The summed E-state index contributed by atoms with van der Waals surface area (Å²) in [5.74, 6) is 0.686. The van der Waals surface area contributed by atoms with Crippen molar-refractivity contribution in [2.75, 3.05) is 6.54 Å². The number of rotatable bonds is 0. The quantitative estimate of drug-likeness (QED) is 0.653. The lowest BCUT2D eigenvalue weighted by molar-refractivity contribution is -0.000889. The summed E-state index contributed by atoms with van der Waals surface area (Å²) in [7, 11) is 0. The zero-order valence-corrected chi connectivity index (χ0v) is 13.0. The van der Waals surface area contributed by atoms with Crippen LogP contribution >= 0.6 is 0 Å². The van der Waals surface area contributed by atoms with Crippen molar-refractivity contribution in [1.29, 1.82) is 0 Å². The van der Waals surface area contributed by atoms with Gasteiger partial charge in [0.15, 0.2) is 0 Å². The van der Waals surface area contributed by atoms with Gasteiger partial charge in [0.1, 0.15) is 5.60 Å². The van der Waals surface area contributed by atoms with Crippen LogP contribution in [0.25, 0.3) is 0 Å². The molecule has 1 amide bonds. The third kappa shape index (κ3) is 4.18. The van der Waals surface area contributed by atoms with Gasteiger partial charge in [0.05, 0.1) is 0 Å². The minimum absolute atomic E-state index is 0.164. The molecule has 2 atom stereocenters. The lowest BCUT2D eigenvalue weighted by atomic mass is 9.73. The van der Waals surface area contributed by atoms with Crippen LogP contribution in [-0.2, 0) is 4.74 Å². The Kier molecular flexibility index (Phi) is 4.34. The highest BCUT2D eigenvalue weighted by atomic mass is 16.6. The van der Waals surface area contributed by atoms with Crippen LogP contribution in [0.5, 0.6) is 0 Å². The molecule has 106 valence electrons. The number of ether oxygens (including phenoxy) is 1. The lowest BCUT2D eigenvalue weighted by Crippen LogP contribution is -2.48. The fraction of sp³-hybridized carbons (Fsp3) is 0.933. The molecule has 0 bridgehead atoms. The van der Waals surface area contributed by atoms with Crippen molar-refractivity contribution in [3.05, 3.63) is 0 Å². The highest BCUT2D eigenvalue weighted by Gasteiger charge is 2.36. The first-order chi connectivity index (χ1) is 8.00. The molecule has 1 heterocycles. The van der Waals surface area contributed by atoms with E-state index in [1.165, 1.54) is 0 Å². The Morgan fingerprint density at radius 3 is 2.11 bits per heavy atom. The molecule has 0 saturated carbocycles. The molecule has 0 aromatic carbocycles. The lowest BCUT2D eigenvalue weighted by Gasteiger charge is -2.43. The molecule has 18 heavy (non-hydrogen) atoms. The fourth-order valence-corrected chi connectivity index (χ4v) is 2.55. The topological polar surface area (TPSA) is 29.5 Å². The van der Waals surface area contributed by atoms with Gasteiger partial charge in [-0.2, -0.15) is 0 Å². The Bertz CT molecular complexity index is 299. The van der Waals surface area contributed by atoms with E-state index in [0.717, 1.165) is 19.4 Å². The van der Waals surface area contributed by atoms with Gasteiger partial charge in [-0.1, -0.05) is 20.8 Å². The molecule has 1 aliphatic heterocycles. The van der Waals surface area contributed by atoms with Crippen molar-refractivity contribution < 1.29 is 9.53 Å². The number of carbonyl (C=O) groups excluding carboxylic acids is 1. The normalized spacial score (nSPS) is 26.1. The molecule has 3 nitrogen and oxygen atoms in total. The number of nitrogens with zero attached hydrogens (tertiary/aromatic N) is 1. The summed E-state index contributed by atoms with van der Waals surface area (Å²) >= 11 is 0. The first kappa shape index (κ1) is 15.3. The van der Waals surface area contributed by atoms with Crippen LogP contribution in [0.2, 0.25) is 0 Å².